The van der Waals surface area contributed by atoms with Gasteiger partial charge in [-0.3, -0.25) is 14.4 Å². The first-order valence-electron chi connectivity index (χ1n) is 5.24. The summed E-state index contributed by atoms with van der Waals surface area (Å²) >= 11 is 0. The van der Waals surface area contributed by atoms with Crippen molar-refractivity contribution >= 4 is 17.9 Å². The smallest absolute Gasteiger partial charge is 0.320 e. The van der Waals surface area contributed by atoms with Crippen molar-refractivity contribution in [2.45, 2.75) is 19.8 Å². The molecular formula is C11H18O6. The van der Waals surface area contributed by atoms with Crippen LogP contribution < -0.4 is 0 Å². The topological polar surface area (TPSA) is 78.9 Å². The van der Waals surface area contributed by atoms with E-state index < -0.39 is 29.7 Å². The van der Waals surface area contributed by atoms with E-state index in [0.717, 1.165) is 0 Å². The van der Waals surface area contributed by atoms with Gasteiger partial charge in [0.2, 0.25) is 0 Å². The van der Waals surface area contributed by atoms with Gasteiger partial charge in [-0.05, 0) is 5.92 Å². The summed E-state index contributed by atoms with van der Waals surface area (Å²) in [7, 11) is 3.62. The Balaban J connectivity index is 4.91. The number of esters is 3. The van der Waals surface area contributed by atoms with Crippen LogP contribution in [0.5, 0.6) is 0 Å². The van der Waals surface area contributed by atoms with Crippen molar-refractivity contribution < 1.29 is 28.6 Å². The zero-order chi connectivity index (χ0) is 13.4. The molecule has 98 valence electrons. The summed E-state index contributed by atoms with van der Waals surface area (Å²) in [6.45, 7) is 1.77. The lowest BCUT2D eigenvalue weighted by atomic mass is 9.87. The van der Waals surface area contributed by atoms with E-state index in [1.54, 1.807) is 6.92 Å². The molecule has 0 aliphatic heterocycles. The quantitative estimate of drug-likeness (QED) is 0.386. The van der Waals surface area contributed by atoms with Gasteiger partial charge >= 0.3 is 17.9 Å². The van der Waals surface area contributed by atoms with Crippen LogP contribution in [0.15, 0.2) is 0 Å². The van der Waals surface area contributed by atoms with E-state index in [2.05, 4.69) is 14.2 Å². The third kappa shape index (κ3) is 4.42. The van der Waals surface area contributed by atoms with E-state index in [0.29, 0.717) is 6.42 Å². The fraction of sp³-hybridized carbons (Fsp3) is 0.727. The van der Waals surface area contributed by atoms with Crippen molar-refractivity contribution in [1.82, 2.24) is 0 Å². The minimum absolute atomic E-state index is 0.0259. The Morgan fingerprint density at radius 1 is 0.941 bits per heavy atom. The Hall–Kier alpha value is -1.59. The van der Waals surface area contributed by atoms with Crippen LogP contribution in [-0.4, -0.2) is 39.2 Å². The lowest BCUT2D eigenvalue weighted by Crippen LogP contribution is -2.34. The summed E-state index contributed by atoms with van der Waals surface area (Å²) in [5.41, 5.74) is 0. The first-order chi connectivity index (χ1) is 8.01. The highest BCUT2D eigenvalue weighted by Gasteiger charge is 2.37. The molecule has 0 N–H and O–H groups in total. The summed E-state index contributed by atoms with van der Waals surface area (Å²) < 4.78 is 13.6. The van der Waals surface area contributed by atoms with Crippen LogP contribution in [0.1, 0.15) is 19.8 Å². The second-order valence-electron chi connectivity index (χ2n) is 3.47. The van der Waals surface area contributed by atoms with E-state index >= 15 is 0 Å². The van der Waals surface area contributed by atoms with E-state index in [4.69, 9.17) is 0 Å². The van der Waals surface area contributed by atoms with Crippen molar-refractivity contribution in [1.29, 1.82) is 0 Å². The lowest BCUT2D eigenvalue weighted by molar-refractivity contribution is -0.162. The molecule has 0 saturated heterocycles. The van der Waals surface area contributed by atoms with Crippen molar-refractivity contribution in [2.75, 3.05) is 21.3 Å². The first-order valence-corrected chi connectivity index (χ1v) is 5.24. The average Bonchev–Trinajstić information content (AvgIpc) is 2.36. The predicted molar refractivity (Wildman–Crippen MR) is 57.9 cm³/mol. The number of methoxy groups -OCH3 is 3. The van der Waals surface area contributed by atoms with Crippen LogP contribution in [0.3, 0.4) is 0 Å². The monoisotopic (exact) mass is 246 g/mol. The molecule has 6 nitrogen and oxygen atoms in total. The molecule has 0 radical (unpaired) electrons. The van der Waals surface area contributed by atoms with Gasteiger partial charge in [-0.15, -0.1) is 0 Å². The number of carbonyl (C=O) groups is 3. The molecule has 0 heterocycles. The fourth-order valence-electron chi connectivity index (χ4n) is 1.53. The van der Waals surface area contributed by atoms with Crippen molar-refractivity contribution in [2.24, 2.45) is 11.8 Å². The fourth-order valence-corrected chi connectivity index (χ4v) is 1.53. The van der Waals surface area contributed by atoms with Crippen LogP contribution in [-0.2, 0) is 28.6 Å². The normalized spacial score (nSPS) is 11.8. The number of carbonyl (C=O) groups excluding carboxylic acids is 3. The molecule has 0 unspecified atom stereocenters. The highest BCUT2D eigenvalue weighted by Crippen LogP contribution is 2.23. The van der Waals surface area contributed by atoms with Crippen LogP contribution in [0.4, 0.5) is 0 Å². The zero-order valence-electron chi connectivity index (χ0n) is 10.5. The molecule has 6 heteroatoms. The number of rotatable bonds is 6. The van der Waals surface area contributed by atoms with Gasteiger partial charge in [0.15, 0.2) is 5.92 Å². The molecule has 17 heavy (non-hydrogen) atoms. The molecule has 0 aliphatic rings. The number of hydrogen-bond donors (Lipinski definition) is 0. The summed E-state index contributed by atoms with van der Waals surface area (Å²) in [6, 6.07) is 0. The third-order valence-corrected chi connectivity index (χ3v) is 2.56. The maximum atomic E-state index is 11.5. The highest BCUT2D eigenvalue weighted by molar-refractivity contribution is 5.95. The number of hydrogen-bond acceptors (Lipinski definition) is 6. The lowest BCUT2D eigenvalue weighted by Gasteiger charge is -2.20. The molecule has 0 fully saturated rings. The Kier molecular flexibility index (Phi) is 6.93. The summed E-state index contributed by atoms with van der Waals surface area (Å²) in [4.78, 5) is 34.2. The number of ether oxygens (including phenoxy) is 3. The average molecular weight is 246 g/mol. The van der Waals surface area contributed by atoms with Crippen LogP contribution in [0, 0.1) is 11.8 Å². The maximum Gasteiger partial charge on any atom is 0.320 e. The molecule has 0 bridgehead atoms. The van der Waals surface area contributed by atoms with Crippen molar-refractivity contribution in [3.63, 3.8) is 0 Å². The minimum atomic E-state index is -1.09. The minimum Gasteiger partial charge on any atom is -0.469 e. The second kappa shape index (κ2) is 7.65. The SMILES string of the molecule is CC[C@H](CC(=O)OC)C(C(=O)OC)C(=O)OC. The van der Waals surface area contributed by atoms with Gasteiger partial charge in [0.25, 0.3) is 0 Å². The van der Waals surface area contributed by atoms with E-state index in [1.807, 2.05) is 0 Å². The molecule has 0 spiro atoms. The standard InChI is InChI=1S/C11H18O6/c1-5-7(6-8(12)15-2)9(10(13)16-3)11(14)17-4/h7,9H,5-6H2,1-4H3/t7-/m1/s1. The summed E-state index contributed by atoms with van der Waals surface area (Å²) in [5, 5.41) is 0. The van der Waals surface area contributed by atoms with Gasteiger partial charge in [0.1, 0.15) is 0 Å². The van der Waals surface area contributed by atoms with Gasteiger partial charge in [0.05, 0.1) is 21.3 Å². The first kappa shape index (κ1) is 15.4. The van der Waals surface area contributed by atoms with Gasteiger partial charge in [0, 0.05) is 6.42 Å². The van der Waals surface area contributed by atoms with Gasteiger partial charge < -0.3 is 14.2 Å². The molecule has 0 aromatic carbocycles. The van der Waals surface area contributed by atoms with Gasteiger partial charge in [-0.2, -0.15) is 0 Å². The van der Waals surface area contributed by atoms with E-state index in [-0.39, 0.29) is 6.42 Å². The highest BCUT2D eigenvalue weighted by atomic mass is 16.5. The zero-order valence-corrected chi connectivity index (χ0v) is 10.5. The van der Waals surface area contributed by atoms with Crippen LogP contribution in [0.2, 0.25) is 0 Å². The summed E-state index contributed by atoms with van der Waals surface area (Å²) in [5.74, 6) is -3.45. The Bertz CT molecular complexity index is 270. The van der Waals surface area contributed by atoms with Gasteiger partial charge in [-0.25, -0.2) is 0 Å². The van der Waals surface area contributed by atoms with E-state index in [1.165, 1.54) is 21.3 Å². The van der Waals surface area contributed by atoms with Crippen LogP contribution >= 0.6 is 0 Å². The molecular weight excluding hydrogens is 228 g/mol. The van der Waals surface area contributed by atoms with E-state index in [9.17, 15) is 14.4 Å². The molecule has 0 aliphatic carbocycles. The molecule has 0 saturated carbocycles. The molecule has 0 amide bonds. The van der Waals surface area contributed by atoms with Crippen LogP contribution in [0.25, 0.3) is 0 Å². The van der Waals surface area contributed by atoms with Crippen molar-refractivity contribution in [3.05, 3.63) is 0 Å². The van der Waals surface area contributed by atoms with Gasteiger partial charge in [-0.1, -0.05) is 13.3 Å². The second-order valence-corrected chi connectivity index (χ2v) is 3.47. The van der Waals surface area contributed by atoms with Crippen molar-refractivity contribution in [3.8, 4) is 0 Å². The molecule has 1 atom stereocenters. The summed E-state index contributed by atoms with van der Waals surface area (Å²) in [6.07, 6.45) is 0.436. The molecule has 0 rings (SSSR count). The third-order valence-electron chi connectivity index (χ3n) is 2.56. The molecule has 0 aromatic heterocycles. The maximum absolute atomic E-state index is 11.5. The largest absolute Gasteiger partial charge is 0.469 e. The molecule has 0 aromatic rings. The predicted octanol–water partition coefficient (Wildman–Crippen LogP) is 0.538. The Morgan fingerprint density at radius 3 is 1.71 bits per heavy atom. The Labute approximate surface area is 100 Å². The Morgan fingerprint density at radius 2 is 1.41 bits per heavy atom.